The van der Waals surface area contributed by atoms with Crippen molar-refractivity contribution < 1.29 is 4.74 Å². The van der Waals surface area contributed by atoms with Crippen molar-refractivity contribution in [1.29, 1.82) is 0 Å². The molecule has 0 amide bonds. The van der Waals surface area contributed by atoms with Gasteiger partial charge in [-0.05, 0) is 42.9 Å². The molecule has 2 unspecified atom stereocenters. The minimum atomic E-state index is 0.820. The van der Waals surface area contributed by atoms with Gasteiger partial charge in [0.05, 0.1) is 0 Å². The highest BCUT2D eigenvalue weighted by Gasteiger charge is 2.33. The fraction of sp³-hybridized carbons (Fsp3) is 1.00. The minimum Gasteiger partial charge on any atom is -0.381 e. The van der Waals surface area contributed by atoms with Crippen LogP contribution in [0.3, 0.4) is 0 Å². The smallest absolute Gasteiger partial charge is 0.0497 e. The molecule has 0 spiro atoms. The summed E-state index contributed by atoms with van der Waals surface area (Å²) in [5.74, 6) is 3.80. The molecule has 2 fully saturated rings. The lowest BCUT2D eigenvalue weighted by atomic mass is 9.69. The van der Waals surface area contributed by atoms with Gasteiger partial charge in [0.25, 0.3) is 0 Å². The predicted molar refractivity (Wildman–Crippen MR) is 54.6 cm³/mol. The van der Waals surface area contributed by atoms with Gasteiger partial charge >= 0.3 is 0 Å². The average molecular weight is 182 g/mol. The van der Waals surface area contributed by atoms with Gasteiger partial charge < -0.3 is 4.74 Å². The van der Waals surface area contributed by atoms with E-state index in [0.29, 0.717) is 0 Å². The molecular weight excluding hydrogens is 160 g/mol. The monoisotopic (exact) mass is 182 g/mol. The number of hydrogen-bond donors (Lipinski definition) is 0. The van der Waals surface area contributed by atoms with Gasteiger partial charge in [-0.3, -0.25) is 0 Å². The van der Waals surface area contributed by atoms with E-state index in [2.05, 4.69) is 13.8 Å². The van der Waals surface area contributed by atoms with Crippen LogP contribution >= 0.6 is 0 Å². The maximum absolute atomic E-state index is 5.49. The predicted octanol–water partition coefficient (Wildman–Crippen LogP) is 3.10. The molecular formula is C12H22O. The Kier molecular flexibility index (Phi) is 2.92. The van der Waals surface area contributed by atoms with Crippen LogP contribution in [0.25, 0.3) is 0 Å². The van der Waals surface area contributed by atoms with Crippen LogP contribution in [0.4, 0.5) is 0 Å². The summed E-state index contributed by atoms with van der Waals surface area (Å²) in [4.78, 5) is 0. The largest absolute Gasteiger partial charge is 0.381 e. The molecule has 0 aromatic rings. The molecule has 1 aliphatic carbocycles. The lowest BCUT2D eigenvalue weighted by Crippen LogP contribution is -2.26. The standard InChI is InChI=1S/C12H22O/c1-3-10-4-11(5-10)6-12-8-13-7-9(12)2/h9-12H,3-8H2,1-2H3. The van der Waals surface area contributed by atoms with Gasteiger partial charge in [-0.2, -0.15) is 0 Å². The van der Waals surface area contributed by atoms with Crippen molar-refractivity contribution in [2.45, 2.75) is 39.5 Å². The highest BCUT2D eigenvalue weighted by molar-refractivity contribution is 4.83. The SMILES string of the molecule is CCC1CC(CC2COCC2C)C1. The molecule has 0 aromatic heterocycles. The molecule has 1 heteroatoms. The topological polar surface area (TPSA) is 9.23 Å². The van der Waals surface area contributed by atoms with E-state index in [-0.39, 0.29) is 0 Å². The Morgan fingerprint density at radius 3 is 2.46 bits per heavy atom. The molecule has 0 aromatic carbocycles. The average Bonchev–Trinajstić information content (AvgIpc) is 2.43. The van der Waals surface area contributed by atoms with E-state index in [0.717, 1.165) is 36.9 Å². The summed E-state index contributed by atoms with van der Waals surface area (Å²) >= 11 is 0. The van der Waals surface area contributed by atoms with E-state index in [1.807, 2.05) is 0 Å². The molecule has 0 N–H and O–H groups in total. The van der Waals surface area contributed by atoms with Crippen LogP contribution in [0.15, 0.2) is 0 Å². The van der Waals surface area contributed by atoms with Crippen LogP contribution in [0.5, 0.6) is 0 Å². The summed E-state index contributed by atoms with van der Waals surface area (Å²) in [6.45, 7) is 6.71. The molecule has 13 heavy (non-hydrogen) atoms. The third-order valence-corrected chi connectivity index (χ3v) is 4.06. The number of ether oxygens (including phenoxy) is 1. The highest BCUT2D eigenvalue weighted by atomic mass is 16.5. The van der Waals surface area contributed by atoms with Crippen molar-refractivity contribution in [2.75, 3.05) is 13.2 Å². The van der Waals surface area contributed by atoms with Crippen molar-refractivity contribution in [3.63, 3.8) is 0 Å². The van der Waals surface area contributed by atoms with Crippen LogP contribution in [0, 0.1) is 23.7 Å². The number of hydrogen-bond acceptors (Lipinski definition) is 1. The maximum atomic E-state index is 5.49. The van der Waals surface area contributed by atoms with Crippen LogP contribution in [-0.4, -0.2) is 13.2 Å². The quantitative estimate of drug-likeness (QED) is 0.651. The zero-order valence-electron chi connectivity index (χ0n) is 8.96. The van der Waals surface area contributed by atoms with Gasteiger partial charge in [-0.1, -0.05) is 20.3 Å². The Labute approximate surface area is 81.9 Å². The summed E-state index contributed by atoms with van der Waals surface area (Å²) in [7, 11) is 0. The summed E-state index contributed by atoms with van der Waals surface area (Å²) in [5.41, 5.74) is 0. The molecule has 1 heterocycles. The van der Waals surface area contributed by atoms with E-state index in [1.165, 1.54) is 25.7 Å². The van der Waals surface area contributed by atoms with Crippen LogP contribution in [0.2, 0.25) is 0 Å². The molecule has 76 valence electrons. The van der Waals surface area contributed by atoms with Crippen LogP contribution in [-0.2, 0) is 4.74 Å². The van der Waals surface area contributed by atoms with Gasteiger partial charge in [-0.25, -0.2) is 0 Å². The molecule has 2 aliphatic rings. The normalized spacial score (nSPS) is 44.8. The highest BCUT2D eigenvalue weighted by Crippen LogP contribution is 2.41. The van der Waals surface area contributed by atoms with Gasteiger partial charge in [0.15, 0.2) is 0 Å². The van der Waals surface area contributed by atoms with Gasteiger partial charge in [0.1, 0.15) is 0 Å². The van der Waals surface area contributed by atoms with Crippen molar-refractivity contribution in [2.24, 2.45) is 23.7 Å². The molecule has 2 atom stereocenters. The van der Waals surface area contributed by atoms with E-state index in [9.17, 15) is 0 Å². The van der Waals surface area contributed by atoms with Crippen molar-refractivity contribution in [3.05, 3.63) is 0 Å². The zero-order chi connectivity index (χ0) is 9.26. The molecule has 0 radical (unpaired) electrons. The summed E-state index contributed by atoms with van der Waals surface area (Å²) in [5, 5.41) is 0. The fourth-order valence-electron chi connectivity index (χ4n) is 2.83. The molecule has 1 saturated carbocycles. The summed E-state index contributed by atoms with van der Waals surface area (Å²) in [6, 6.07) is 0. The fourth-order valence-corrected chi connectivity index (χ4v) is 2.83. The maximum Gasteiger partial charge on any atom is 0.0497 e. The van der Waals surface area contributed by atoms with E-state index < -0.39 is 0 Å². The molecule has 2 rings (SSSR count). The van der Waals surface area contributed by atoms with Crippen LogP contribution in [0.1, 0.15) is 39.5 Å². The van der Waals surface area contributed by atoms with Crippen molar-refractivity contribution >= 4 is 0 Å². The van der Waals surface area contributed by atoms with E-state index in [1.54, 1.807) is 0 Å². The second-order valence-electron chi connectivity index (χ2n) is 5.12. The van der Waals surface area contributed by atoms with E-state index in [4.69, 9.17) is 4.74 Å². The lowest BCUT2D eigenvalue weighted by Gasteiger charge is -2.36. The first-order valence-electron chi connectivity index (χ1n) is 5.87. The first kappa shape index (κ1) is 9.51. The van der Waals surface area contributed by atoms with Crippen LogP contribution < -0.4 is 0 Å². The summed E-state index contributed by atoms with van der Waals surface area (Å²) in [6.07, 6.45) is 5.84. The molecule has 1 nitrogen and oxygen atoms in total. The Hall–Kier alpha value is -0.0400. The zero-order valence-corrected chi connectivity index (χ0v) is 8.96. The third kappa shape index (κ3) is 2.07. The van der Waals surface area contributed by atoms with Crippen molar-refractivity contribution in [3.8, 4) is 0 Å². The molecule has 0 bridgehead atoms. The minimum absolute atomic E-state index is 0.820. The Morgan fingerprint density at radius 1 is 1.15 bits per heavy atom. The Bertz CT molecular complexity index is 161. The van der Waals surface area contributed by atoms with Gasteiger partial charge in [-0.15, -0.1) is 0 Å². The van der Waals surface area contributed by atoms with Crippen molar-refractivity contribution in [1.82, 2.24) is 0 Å². The first-order chi connectivity index (χ1) is 6.29. The van der Waals surface area contributed by atoms with E-state index >= 15 is 0 Å². The second-order valence-corrected chi connectivity index (χ2v) is 5.12. The lowest BCUT2D eigenvalue weighted by molar-refractivity contribution is 0.135. The molecule has 1 saturated heterocycles. The number of rotatable bonds is 3. The Balaban J connectivity index is 1.68. The first-order valence-corrected chi connectivity index (χ1v) is 5.87. The van der Waals surface area contributed by atoms with Gasteiger partial charge in [0.2, 0.25) is 0 Å². The summed E-state index contributed by atoms with van der Waals surface area (Å²) < 4.78 is 5.49. The molecule has 1 aliphatic heterocycles. The second kappa shape index (κ2) is 4.00. The van der Waals surface area contributed by atoms with Gasteiger partial charge in [0, 0.05) is 13.2 Å². The third-order valence-electron chi connectivity index (χ3n) is 4.06. The Morgan fingerprint density at radius 2 is 1.92 bits per heavy atom.